The summed E-state index contributed by atoms with van der Waals surface area (Å²) in [5, 5.41) is 7.82. The summed E-state index contributed by atoms with van der Waals surface area (Å²) in [7, 11) is 0.317. The van der Waals surface area contributed by atoms with E-state index in [0.717, 1.165) is 9.76 Å². The van der Waals surface area contributed by atoms with E-state index in [1.165, 1.54) is 0 Å². The fraction of sp³-hybridized carbons (Fsp3) is 0. The molecule has 0 spiro atoms. The predicted molar refractivity (Wildman–Crippen MR) is 26.5 cm³/mol. The Morgan fingerprint density at radius 3 is 2.20 bits per heavy atom. The van der Waals surface area contributed by atoms with Crippen molar-refractivity contribution >= 4 is 24.4 Å². The molecule has 0 fully saturated rings. The van der Waals surface area contributed by atoms with Crippen molar-refractivity contribution in [3.05, 3.63) is 0 Å². The highest BCUT2D eigenvalue weighted by atomic mass is 29.1. The highest BCUT2D eigenvalue weighted by Gasteiger charge is 1.82. The van der Waals surface area contributed by atoms with Crippen LogP contribution in [0.25, 0.3) is 0 Å². The summed E-state index contributed by atoms with van der Waals surface area (Å²) in [6, 6.07) is 0. The first-order valence-corrected chi connectivity index (χ1v) is 7.85. The number of rotatable bonds is 1. The van der Waals surface area contributed by atoms with E-state index >= 15 is 0 Å². The molecule has 30 valence electrons. The van der Waals surface area contributed by atoms with E-state index in [9.17, 15) is 4.79 Å². The molecule has 0 bridgehead atoms. The van der Waals surface area contributed by atoms with E-state index in [1.807, 2.05) is 0 Å². The maximum atomic E-state index is 9.46. The van der Waals surface area contributed by atoms with E-state index in [4.69, 9.17) is 5.11 Å². The number of hydrogen-bond acceptors (Lipinski definition) is 1. The van der Waals surface area contributed by atoms with Crippen molar-refractivity contribution in [1.82, 2.24) is 0 Å². The first-order chi connectivity index (χ1) is 2.27. The molecule has 0 aliphatic heterocycles. The largest absolute Gasteiger partial charge is 0.486 e. The molecule has 1 N–H and O–H groups in total. The molecule has 0 atom stereocenters. The van der Waals surface area contributed by atoms with Gasteiger partial charge in [0.05, 0.1) is 0 Å². The van der Waals surface area contributed by atoms with Crippen LogP contribution >= 0.6 is 0 Å². The fourth-order valence-electron chi connectivity index (χ4n) is 0. The monoisotopic (exact) mass is 106 g/mol. The minimum absolute atomic E-state index is 0.545. The zero-order valence-corrected chi connectivity index (χ0v) is 6.48. The third-order valence-corrected chi connectivity index (χ3v) is 2.72. The van der Waals surface area contributed by atoms with Crippen LogP contribution in [0, 0.1) is 0 Å². The lowest BCUT2D eigenvalue weighted by atomic mass is 11.6. The molecule has 0 aromatic heterocycles. The Bertz CT molecular complexity index is 42.9. The Hall–Kier alpha value is -0.0962. The quantitative estimate of drug-likeness (QED) is 0.397. The summed E-state index contributed by atoms with van der Waals surface area (Å²) in [6.45, 7) is 0. The molecule has 0 rings (SSSR count). The summed E-state index contributed by atoms with van der Waals surface area (Å²) in [5.41, 5.74) is -0.545. The second-order valence-corrected chi connectivity index (χ2v) is 4.18. The Balaban J connectivity index is 2.85. The lowest BCUT2D eigenvalue weighted by Gasteiger charge is -1.70. The van der Waals surface area contributed by atoms with Crippen molar-refractivity contribution in [1.29, 1.82) is 0 Å². The van der Waals surface area contributed by atoms with E-state index in [2.05, 4.69) is 0 Å². The van der Waals surface area contributed by atoms with Gasteiger partial charge in [0.1, 0.15) is 9.04 Å². The third kappa shape index (κ3) is 3.90. The van der Waals surface area contributed by atoms with E-state index < -0.39 is 14.6 Å². The maximum Gasteiger partial charge on any atom is 0.258 e. The molecule has 0 aliphatic rings. The van der Waals surface area contributed by atoms with Gasteiger partial charge >= 0.3 is 0 Å². The minimum atomic E-state index is -0.596. The maximum absolute atomic E-state index is 9.46. The minimum Gasteiger partial charge on any atom is -0.486 e. The van der Waals surface area contributed by atoms with Crippen molar-refractivity contribution in [2.75, 3.05) is 0 Å². The smallest absolute Gasteiger partial charge is 0.258 e. The van der Waals surface area contributed by atoms with Gasteiger partial charge < -0.3 is 5.11 Å². The zero-order chi connectivity index (χ0) is 4.28. The molecule has 0 aromatic carbocycles. The van der Waals surface area contributed by atoms with Crippen molar-refractivity contribution in [2.24, 2.45) is 0 Å². The molecule has 0 heterocycles. The van der Waals surface area contributed by atoms with Gasteiger partial charge in [-0.15, -0.1) is 0 Å². The average molecular weight is 106 g/mol. The first kappa shape index (κ1) is 4.90. The van der Waals surface area contributed by atoms with Gasteiger partial charge in [-0.1, -0.05) is 0 Å². The second kappa shape index (κ2) is 2.16. The van der Waals surface area contributed by atoms with Crippen LogP contribution in [0.2, 0.25) is 0 Å². The van der Waals surface area contributed by atoms with Crippen molar-refractivity contribution in [2.45, 2.75) is 0 Å². The summed E-state index contributed by atoms with van der Waals surface area (Å²) in [6.07, 6.45) is 0. The Labute approximate surface area is 35.2 Å². The Morgan fingerprint density at radius 1 is 2.00 bits per heavy atom. The summed E-state index contributed by atoms with van der Waals surface area (Å²) in [4.78, 5) is 9.46. The van der Waals surface area contributed by atoms with Crippen molar-refractivity contribution < 1.29 is 9.90 Å². The Morgan fingerprint density at radius 2 is 2.20 bits per heavy atom. The number of hydrogen-bond donors (Lipinski definition) is 1. The van der Waals surface area contributed by atoms with E-state index in [-0.39, 0.29) is 0 Å². The lowest BCUT2D eigenvalue weighted by Crippen LogP contribution is -2.02. The Kier molecular flexibility index (Phi) is 2.12. The summed E-state index contributed by atoms with van der Waals surface area (Å²) >= 11 is 0. The zero-order valence-electron chi connectivity index (χ0n) is 3.06. The number of carbonyl (C=O) groups is 1. The first-order valence-electron chi connectivity index (χ1n) is 1.49. The molecule has 4 heteroatoms. The van der Waals surface area contributed by atoms with Crippen LogP contribution in [0.1, 0.15) is 0 Å². The highest BCUT2D eigenvalue weighted by molar-refractivity contribution is 7.07. The standard InChI is InChI=1S/CH6O2Si2/c2-1(3)5-4/h5H2,4H3,(H,2,3). The third-order valence-electron chi connectivity index (χ3n) is 0.302. The van der Waals surface area contributed by atoms with Gasteiger partial charge in [-0.3, -0.25) is 4.79 Å². The predicted octanol–water partition coefficient (Wildman–Crippen LogP) is -1.89. The molecular formula is CH6O2Si2. The summed E-state index contributed by atoms with van der Waals surface area (Å²) in [5.74, 6) is 0. The van der Waals surface area contributed by atoms with Crippen LogP contribution in [-0.2, 0) is 0 Å². The molecule has 0 saturated carbocycles. The molecule has 0 radical (unpaired) electrons. The molecule has 2 nitrogen and oxygen atoms in total. The van der Waals surface area contributed by atoms with Gasteiger partial charge in [0.25, 0.3) is 5.59 Å². The van der Waals surface area contributed by atoms with Crippen molar-refractivity contribution in [3.8, 4) is 0 Å². The van der Waals surface area contributed by atoms with Gasteiger partial charge in [0, 0.05) is 9.76 Å². The molecule has 0 amide bonds. The average Bonchev–Trinajstić information content (AvgIpc) is 1.38. The van der Waals surface area contributed by atoms with Gasteiger partial charge in [0.2, 0.25) is 0 Å². The van der Waals surface area contributed by atoms with Gasteiger partial charge in [-0.2, -0.15) is 0 Å². The number of carboxylic acid groups (broad SMARTS) is 1. The molecule has 0 aromatic rings. The van der Waals surface area contributed by atoms with Crippen LogP contribution < -0.4 is 0 Å². The highest BCUT2D eigenvalue weighted by Crippen LogP contribution is 1.51. The van der Waals surface area contributed by atoms with Crippen LogP contribution in [0.4, 0.5) is 4.79 Å². The van der Waals surface area contributed by atoms with Crippen LogP contribution in [0.3, 0.4) is 0 Å². The SMILES string of the molecule is O=C(O)[SiH2][SiH3]. The van der Waals surface area contributed by atoms with Crippen LogP contribution in [0.15, 0.2) is 0 Å². The lowest BCUT2D eigenvalue weighted by molar-refractivity contribution is 0.220. The summed E-state index contributed by atoms with van der Waals surface area (Å²) < 4.78 is 0. The molecule has 0 saturated heterocycles. The van der Waals surface area contributed by atoms with E-state index in [1.54, 1.807) is 0 Å². The molecule has 0 aliphatic carbocycles. The van der Waals surface area contributed by atoms with Gasteiger partial charge in [-0.25, -0.2) is 0 Å². The van der Waals surface area contributed by atoms with Crippen molar-refractivity contribution in [3.63, 3.8) is 0 Å². The van der Waals surface area contributed by atoms with Crippen LogP contribution in [0.5, 0.6) is 0 Å². The second-order valence-electron chi connectivity index (χ2n) is 0.747. The van der Waals surface area contributed by atoms with E-state index in [0.29, 0.717) is 0 Å². The topological polar surface area (TPSA) is 37.3 Å². The van der Waals surface area contributed by atoms with Gasteiger partial charge in [0.15, 0.2) is 0 Å². The fourth-order valence-corrected chi connectivity index (χ4v) is 0. The molecule has 5 heavy (non-hydrogen) atoms. The molecule has 0 unspecified atom stereocenters. The normalized spacial score (nSPS) is 10.4. The van der Waals surface area contributed by atoms with Gasteiger partial charge in [-0.05, 0) is 0 Å². The molecular weight excluding hydrogens is 100 g/mol. The van der Waals surface area contributed by atoms with Crippen LogP contribution in [-0.4, -0.2) is 29.5 Å².